The number of rotatable bonds is 13. The normalized spacial score (nSPS) is 15.9. The summed E-state index contributed by atoms with van der Waals surface area (Å²) in [5, 5.41) is 23.9. The Morgan fingerprint density at radius 1 is 0.939 bits per heavy atom. The van der Waals surface area contributed by atoms with Crippen LogP contribution in [0, 0.1) is 26.1 Å². The lowest BCUT2D eigenvalue weighted by molar-refractivity contribution is -0.385. The van der Waals surface area contributed by atoms with E-state index in [0.717, 1.165) is 0 Å². The minimum Gasteiger partial charge on any atom is -0.459 e. The van der Waals surface area contributed by atoms with Crippen molar-refractivity contribution in [3.05, 3.63) is 79.9 Å². The van der Waals surface area contributed by atoms with Crippen LogP contribution in [0.4, 0.5) is 21.0 Å². The number of carbonyl (C=O) groups is 4. The maximum Gasteiger partial charge on any atom is 0.414 e. The highest BCUT2D eigenvalue weighted by molar-refractivity contribution is 6.09. The Kier molecular flexibility index (Phi) is 12.7. The number of nitrogens with zero attached hydrogens (tertiary/aromatic N) is 4. The zero-order valence-corrected chi connectivity index (χ0v) is 27.3. The Hall–Kier alpha value is -5.65. The minimum absolute atomic E-state index is 0.0145. The van der Waals surface area contributed by atoms with Crippen LogP contribution in [0.3, 0.4) is 0 Å². The van der Waals surface area contributed by atoms with Gasteiger partial charge in [0, 0.05) is 49.8 Å². The van der Waals surface area contributed by atoms with Gasteiger partial charge in [0.2, 0.25) is 0 Å². The maximum absolute atomic E-state index is 13.8. The first-order chi connectivity index (χ1) is 23.0. The van der Waals surface area contributed by atoms with E-state index in [1.807, 2.05) is 0 Å². The number of guanidine groups is 1. The maximum atomic E-state index is 13.8. The van der Waals surface area contributed by atoms with E-state index in [1.165, 1.54) is 53.4 Å². The highest BCUT2D eigenvalue weighted by Crippen LogP contribution is 2.27. The van der Waals surface area contributed by atoms with Crippen molar-refractivity contribution in [3.8, 4) is 0 Å². The van der Waals surface area contributed by atoms with Gasteiger partial charge in [-0.2, -0.15) is 0 Å². The minimum atomic E-state index is -2.14. The van der Waals surface area contributed by atoms with Crippen molar-refractivity contribution in [3.63, 3.8) is 0 Å². The number of Topliss-reactive ketones (excluding diaryl/α,β-unsaturated/α-hetero) is 1. The van der Waals surface area contributed by atoms with Crippen molar-refractivity contribution < 1.29 is 43.2 Å². The number of aliphatic imine (C=N–C) groups is 1. The SMILES string of the molecule is CC(C)(C)OC(=O)N1CC[C@H](C(=O)[C@@](N)(CCCN=C(N)NC(=O)OCc2ccc([N+](=O)[O-])cc2)C(=O)OCc2ccc([N+](=O)[O-])cc2)C1. The lowest BCUT2D eigenvalue weighted by Gasteiger charge is -2.29. The largest absolute Gasteiger partial charge is 0.459 e. The number of ether oxygens (including phenoxy) is 3. The van der Waals surface area contributed by atoms with E-state index in [0.29, 0.717) is 11.1 Å². The first kappa shape index (κ1) is 37.8. The van der Waals surface area contributed by atoms with E-state index in [4.69, 9.17) is 25.7 Å². The molecule has 0 saturated carbocycles. The van der Waals surface area contributed by atoms with E-state index in [9.17, 15) is 39.4 Å². The molecule has 18 heteroatoms. The second-order valence-electron chi connectivity index (χ2n) is 12.2. The van der Waals surface area contributed by atoms with Gasteiger partial charge < -0.3 is 30.6 Å². The Morgan fingerprint density at radius 2 is 1.47 bits per heavy atom. The van der Waals surface area contributed by atoms with Gasteiger partial charge in [-0.25, -0.2) is 14.4 Å². The van der Waals surface area contributed by atoms with E-state index < -0.39 is 50.8 Å². The van der Waals surface area contributed by atoms with Gasteiger partial charge in [-0.3, -0.25) is 35.3 Å². The number of nitrogens with one attached hydrogen (secondary N) is 1. The molecule has 1 fully saturated rings. The third-order valence-electron chi connectivity index (χ3n) is 7.29. The van der Waals surface area contributed by atoms with E-state index >= 15 is 0 Å². The van der Waals surface area contributed by atoms with E-state index in [-0.39, 0.29) is 69.4 Å². The predicted molar refractivity (Wildman–Crippen MR) is 173 cm³/mol. The number of alkyl carbamates (subject to hydrolysis) is 1. The summed E-state index contributed by atoms with van der Waals surface area (Å²) in [5.74, 6) is -2.77. The lowest BCUT2D eigenvalue weighted by atomic mass is 9.82. The second-order valence-corrected chi connectivity index (χ2v) is 12.2. The Labute approximate surface area is 281 Å². The van der Waals surface area contributed by atoms with Gasteiger partial charge in [-0.15, -0.1) is 0 Å². The number of ketones is 1. The standard InChI is InChI=1S/C31H39N7O11/c1-30(2,3)49-29(42)36-16-13-22(17-36)25(39)31(33,26(40)47-18-20-5-9-23(10-6-20)37(43)44)14-4-15-34-27(32)35-28(41)48-19-21-7-11-24(12-8-21)38(45)46/h5-12,22H,4,13-19,33H2,1-3H3,(H3,32,34,35,41)/t22-,31-/m0/s1. The van der Waals surface area contributed by atoms with Crippen LogP contribution in [0.5, 0.6) is 0 Å². The summed E-state index contributed by atoms with van der Waals surface area (Å²) in [7, 11) is 0. The molecule has 264 valence electrons. The summed E-state index contributed by atoms with van der Waals surface area (Å²) in [5.41, 5.74) is 10.0. The molecule has 0 spiro atoms. The number of likely N-dealkylation sites (tertiary alicyclic amines) is 1. The van der Waals surface area contributed by atoms with Gasteiger partial charge >= 0.3 is 18.2 Å². The highest BCUT2D eigenvalue weighted by atomic mass is 16.6. The van der Waals surface area contributed by atoms with Crippen molar-refractivity contribution in [1.82, 2.24) is 10.2 Å². The van der Waals surface area contributed by atoms with Crippen LogP contribution in [0.1, 0.15) is 51.2 Å². The molecule has 1 saturated heterocycles. The van der Waals surface area contributed by atoms with Gasteiger partial charge in [0.05, 0.1) is 9.85 Å². The van der Waals surface area contributed by atoms with Crippen LogP contribution in [0.15, 0.2) is 53.5 Å². The predicted octanol–water partition coefficient (Wildman–Crippen LogP) is 3.09. The smallest absolute Gasteiger partial charge is 0.414 e. The molecule has 0 radical (unpaired) electrons. The van der Waals surface area contributed by atoms with Crippen LogP contribution < -0.4 is 16.8 Å². The average molecular weight is 686 g/mol. The number of amides is 2. The van der Waals surface area contributed by atoms with E-state index in [1.54, 1.807) is 20.8 Å². The fourth-order valence-electron chi connectivity index (χ4n) is 4.75. The molecule has 1 aliphatic rings. The number of benzene rings is 2. The molecule has 1 heterocycles. The molecule has 0 aromatic heterocycles. The third-order valence-corrected chi connectivity index (χ3v) is 7.29. The first-order valence-corrected chi connectivity index (χ1v) is 15.2. The molecule has 2 aromatic rings. The molecule has 3 rings (SSSR count). The molecule has 0 aliphatic carbocycles. The lowest BCUT2D eigenvalue weighted by Crippen LogP contribution is -2.58. The topological polar surface area (TPSA) is 262 Å². The van der Waals surface area contributed by atoms with E-state index in [2.05, 4.69) is 10.3 Å². The molecular formula is C31H39N7O11. The molecule has 5 N–H and O–H groups in total. The fraction of sp³-hybridized carbons (Fsp3) is 0.452. The zero-order valence-electron chi connectivity index (χ0n) is 27.3. The van der Waals surface area contributed by atoms with Crippen LogP contribution in [-0.4, -0.2) is 75.4 Å². The summed E-state index contributed by atoms with van der Waals surface area (Å²) in [6.45, 7) is 4.77. The monoisotopic (exact) mass is 685 g/mol. The van der Waals surface area contributed by atoms with Crippen LogP contribution >= 0.6 is 0 Å². The summed E-state index contributed by atoms with van der Waals surface area (Å²) < 4.78 is 15.8. The zero-order chi connectivity index (χ0) is 36.4. The van der Waals surface area contributed by atoms with Crippen molar-refractivity contribution in [2.24, 2.45) is 22.4 Å². The number of esters is 1. The molecular weight excluding hydrogens is 646 g/mol. The van der Waals surface area contributed by atoms with Gasteiger partial charge in [0.1, 0.15) is 18.8 Å². The number of nitro benzene ring substituents is 2. The summed E-state index contributed by atoms with van der Waals surface area (Å²) in [6.07, 6.45) is -1.47. The summed E-state index contributed by atoms with van der Waals surface area (Å²) in [6, 6.07) is 10.7. The molecule has 0 bridgehead atoms. The molecule has 18 nitrogen and oxygen atoms in total. The Bertz CT molecular complexity index is 1570. The van der Waals surface area contributed by atoms with Crippen LogP contribution in [0.2, 0.25) is 0 Å². The Morgan fingerprint density at radius 3 is 1.98 bits per heavy atom. The molecule has 1 aliphatic heterocycles. The number of nitrogens with two attached hydrogens (primary N) is 2. The fourth-order valence-corrected chi connectivity index (χ4v) is 4.75. The number of hydrogen-bond acceptors (Lipinski definition) is 13. The van der Waals surface area contributed by atoms with Crippen LogP contribution in [-0.2, 0) is 37.0 Å². The molecule has 2 amide bonds. The van der Waals surface area contributed by atoms with Gasteiger partial charge in [0.25, 0.3) is 11.4 Å². The molecule has 49 heavy (non-hydrogen) atoms. The van der Waals surface area contributed by atoms with Gasteiger partial charge in [-0.05, 0) is 75.4 Å². The van der Waals surface area contributed by atoms with Gasteiger partial charge in [0.15, 0.2) is 17.3 Å². The molecule has 2 aromatic carbocycles. The number of hydrogen-bond donors (Lipinski definition) is 3. The number of non-ortho nitro benzene ring substituents is 2. The van der Waals surface area contributed by atoms with Crippen molar-refractivity contribution in [1.29, 1.82) is 0 Å². The first-order valence-electron chi connectivity index (χ1n) is 15.2. The third kappa shape index (κ3) is 11.2. The quantitative estimate of drug-likeness (QED) is 0.0400. The summed E-state index contributed by atoms with van der Waals surface area (Å²) >= 11 is 0. The Balaban J connectivity index is 1.62. The second kappa shape index (κ2) is 16.4. The number of nitro groups is 2. The number of carbonyl (C=O) groups excluding carboxylic acids is 4. The molecule has 0 unspecified atom stereocenters. The van der Waals surface area contributed by atoms with Crippen molar-refractivity contribution in [2.75, 3.05) is 19.6 Å². The molecule has 2 atom stereocenters. The van der Waals surface area contributed by atoms with Crippen LogP contribution in [0.25, 0.3) is 0 Å². The van der Waals surface area contributed by atoms with Crippen molar-refractivity contribution >= 4 is 41.3 Å². The summed E-state index contributed by atoms with van der Waals surface area (Å²) in [4.78, 5) is 77.8. The van der Waals surface area contributed by atoms with Gasteiger partial charge in [-0.1, -0.05) is 0 Å². The average Bonchev–Trinajstić information content (AvgIpc) is 3.54. The van der Waals surface area contributed by atoms with Crippen molar-refractivity contribution in [2.45, 2.75) is 64.4 Å². The highest BCUT2D eigenvalue weighted by Gasteiger charge is 2.48.